The monoisotopic (exact) mass is 462 g/mol. The molecule has 1 heterocycles. The van der Waals surface area contributed by atoms with Gasteiger partial charge in [-0.05, 0) is 62.2 Å². The zero-order valence-electron chi connectivity index (χ0n) is 19.3. The number of benzene rings is 2. The van der Waals surface area contributed by atoms with Gasteiger partial charge < -0.3 is 19.4 Å². The van der Waals surface area contributed by atoms with Crippen molar-refractivity contribution in [3.63, 3.8) is 0 Å². The minimum absolute atomic E-state index is 0.0133. The lowest BCUT2D eigenvalue weighted by molar-refractivity contribution is -0.137. The van der Waals surface area contributed by atoms with Crippen molar-refractivity contribution in [2.75, 3.05) is 38.8 Å². The molecule has 2 aromatic carbocycles. The summed E-state index contributed by atoms with van der Waals surface area (Å²) in [7, 11) is 3.40. The molecule has 178 valence electrons. The highest BCUT2D eigenvalue weighted by Gasteiger charge is 2.31. The number of hydrogen-bond donors (Lipinski definition) is 0. The Morgan fingerprint density at radius 1 is 1.24 bits per heavy atom. The van der Waals surface area contributed by atoms with Crippen LogP contribution in [0.1, 0.15) is 25.0 Å². The largest absolute Gasteiger partial charge is 0.487 e. The summed E-state index contributed by atoms with van der Waals surface area (Å²) < 4.78 is 44.5. The molecule has 0 N–H and O–H groups in total. The van der Waals surface area contributed by atoms with E-state index in [1.54, 1.807) is 0 Å². The Balaban J connectivity index is 1.71. The SMILES string of the molecule is CCN(C)C=Nc1ccc2c(c1)CC(C)N2CC(COc1cccc(C(F)(F)F)c1)=NOC. The fourth-order valence-electron chi connectivity index (χ4n) is 3.61. The average Bonchev–Trinajstić information content (AvgIpc) is 3.09. The van der Waals surface area contributed by atoms with Crippen molar-refractivity contribution in [2.24, 2.45) is 10.1 Å². The lowest BCUT2D eigenvalue weighted by Gasteiger charge is -2.25. The maximum atomic E-state index is 13.0. The zero-order valence-corrected chi connectivity index (χ0v) is 19.3. The molecule has 0 spiro atoms. The molecule has 33 heavy (non-hydrogen) atoms. The van der Waals surface area contributed by atoms with Gasteiger partial charge in [-0.3, -0.25) is 0 Å². The van der Waals surface area contributed by atoms with Crippen LogP contribution in [0.25, 0.3) is 0 Å². The molecule has 1 aliphatic rings. The predicted molar refractivity (Wildman–Crippen MR) is 125 cm³/mol. The number of rotatable bonds is 9. The van der Waals surface area contributed by atoms with Crippen molar-refractivity contribution in [3.05, 3.63) is 53.6 Å². The minimum Gasteiger partial charge on any atom is -0.487 e. The van der Waals surface area contributed by atoms with E-state index in [1.807, 2.05) is 30.4 Å². The molecule has 1 atom stereocenters. The van der Waals surface area contributed by atoms with E-state index in [4.69, 9.17) is 9.57 Å². The van der Waals surface area contributed by atoms with Gasteiger partial charge in [-0.1, -0.05) is 11.2 Å². The first-order valence-corrected chi connectivity index (χ1v) is 10.7. The molecule has 1 aliphatic heterocycles. The minimum atomic E-state index is -4.42. The fraction of sp³-hybridized carbons (Fsp3) is 0.417. The fourth-order valence-corrected chi connectivity index (χ4v) is 3.61. The van der Waals surface area contributed by atoms with E-state index in [0.717, 1.165) is 36.5 Å². The lowest BCUT2D eigenvalue weighted by atomic mass is 10.1. The van der Waals surface area contributed by atoms with Crippen molar-refractivity contribution in [1.82, 2.24) is 4.90 Å². The summed E-state index contributed by atoms with van der Waals surface area (Å²) in [6, 6.07) is 11.1. The van der Waals surface area contributed by atoms with E-state index in [9.17, 15) is 13.2 Å². The number of aliphatic imine (C=N–C) groups is 1. The molecular formula is C24H29F3N4O2. The second kappa shape index (κ2) is 10.6. The van der Waals surface area contributed by atoms with Crippen molar-refractivity contribution >= 4 is 23.4 Å². The Bertz CT molecular complexity index is 1010. The van der Waals surface area contributed by atoms with Crippen molar-refractivity contribution in [1.29, 1.82) is 0 Å². The Morgan fingerprint density at radius 2 is 2.03 bits per heavy atom. The highest BCUT2D eigenvalue weighted by atomic mass is 19.4. The van der Waals surface area contributed by atoms with Crippen molar-refractivity contribution in [3.8, 4) is 5.75 Å². The van der Waals surface area contributed by atoms with Gasteiger partial charge in [0.05, 0.1) is 24.1 Å². The predicted octanol–water partition coefficient (Wildman–Crippen LogP) is 5.15. The van der Waals surface area contributed by atoms with Gasteiger partial charge in [-0.2, -0.15) is 13.2 Å². The van der Waals surface area contributed by atoms with Gasteiger partial charge in [0.2, 0.25) is 0 Å². The van der Waals surface area contributed by atoms with Crippen LogP contribution in [-0.2, 0) is 17.4 Å². The Morgan fingerprint density at radius 3 is 2.73 bits per heavy atom. The van der Waals surface area contributed by atoms with Crippen LogP contribution in [0.15, 0.2) is 52.6 Å². The molecule has 0 radical (unpaired) electrons. The number of hydrogen-bond acceptors (Lipinski definition) is 5. The molecule has 2 aromatic rings. The number of ether oxygens (including phenoxy) is 1. The van der Waals surface area contributed by atoms with Gasteiger partial charge in [0, 0.05) is 25.3 Å². The summed E-state index contributed by atoms with van der Waals surface area (Å²) in [4.78, 5) is 13.7. The summed E-state index contributed by atoms with van der Waals surface area (Å²) in [5.74, 6) is 0.128. The molecule has 0 aromatic heterocycles. The summed E-state index contributed by atoms with van der Waals surface area (Å²) in [5, 5.41) is 4.06. The molecule has 9 heteroatoms. The Hall–Kier alpha value is -3.23. The number of oxime groups is 1. The number of anilines is 1. The van der Waals surface area contributed by atoms with Crippen LogP contribution in [-0.4, -0.2) is 56.8 Å². The summed E-state index contributed by atoms with van der Waals surface area (Å²) in [5.41, 5.74) is 2.97. The first-order valence-electron chi connectivity index (χ1n) is 10.7. The lowest BCUT2D eigenvalue weighted by Crippen LogP contribution is -2.36. The maximum absolute atomic E-state index is 13.0. The number of fused-ring (bicyclic) bond motifs is 1. The highest BCUT2D eigenvalue weighted by Crippen LogP contribution is 2.35. The number of alkyl halides is 3. The van der Waals surface area contributed by atoms with Crippen molar-refractivity contribution < 1.29 is 22.7 Å². The van der Waals surface area contributed by atoms with Crippen LogP contribution in [0, 0.1) is 0 Å². The van der Waals surface area contributed by atoms with Crippen LogP contribution >= 0.6 is 0 Å². The summed E-state index contributed by atoms with van der Waals surface area (Å²) >= 11 is 0. The summed E-state index contributed by atoms with van der Waals surface area (Å²) in [6.07, 6.45) is -1.75. The molecule has 0 aliphatic carbocycles. The Kier molecular flexibility index (Phi) is 7.84. The van der Waals surface area contributed by atoms with E-state index in [1.165, 1.54) is 24.8 Å². The van der Waals surface area contributed by atoms with Crippen LogP contribution < -0.4 is 9.64 Å². The second-order valence-electron chi connectivity index (χ2n) is 7.97. The molecule has 0 fully saturated rings. The molecule has 0 saturated carbocycles. The van der Waals surface area contributed by atoms with Gasteiger partial charge in [0.1, 0.15) is 25.2 Å². The first kappa shape index (κ1) is 24.4. The molecule has 3 rings (SSSR count). The topological polar surface area (TPSA) is 49.7 Å². The average molecular weight is 463 g/mol. The molecule has 6 nitrogen and oxygen atoms in total. The normalized spacial score (nSPS) is 16.3. The van der Waals surface area contributed by atoms with Crippen LogP contribution in [0.5, 0.6) is 5.75 Å². The maximum Gasteiger partial charge on any atom is 0.416 e. The van der Waals surface area contributed by atoms with Gasteiger partial charge in [0.15, 0.2) is 0 Å². The third-order valence-corrected chi connectivity index (χ3v) is 5.46. The quantitative estimate of drug-likeness (QED) is 0.294. The molecule has 0 saturated heterocycles. The Labute approximate surface area is 192 Å². The smallest absolute Gasteiger partial charge is 0.416 e. The van der Waals surface area contributed by atoms with Crippen molar-refractivity contribution in [2.45, 2.75) is 32.5 Å². The van der Waals surface area contributed by atoms with E-state index in [-0.39, 0.29) is 18.4 Å². The van der Waals surface area contributed by atoms with E-state index in [2.05, 4.69) is 35.0 Å². The van der Waals surface area contributed by atoms with E-state index >= 15 is 0 Å². The molecule has 0 bridgehead atoms. The third-order valence-electron chi connectivity index (χ3n) is 5.46. The van der Waals surface area contributed by atoms with Gasteiger partial charge in [-0.15, -0.1) is 0 Å². The van der Waals surface area contributed by atoms with E-state index in [0.29, 0.717) is 12.3 Å². The summed E-state index contributed by atoms with van der Waals surface area (Å²) in [6.45, 7) is 5.50. The third kappa shape index (κ3) is 6.40. The van der Waals surface area contributed by atoms with Gasteiger partial charge in [0.25, 0.3) is 0 Å². The van der Waals surface area contributed by atoms with Crippen LogP contribution in [0.3, 0.4) is 0 Å². The second-order valence-corrected chi connectivity index (χ2v) is 7.97. The molecular weight excluding hydrogens is 433 g/mol. The first-order chi connectivity index (χ1) is 15.7. The van der Waals surface area contributed by atoms with Gasteiger partial charge >= 0.3 is 6.18 Å². The number of halogens is 3. The standard InChI is InChI=1S/C24H29F3N4O2/c1-5-30(3)16-28-20-9-10-23-18(12-20)11-17(2)31(23)14-21(29-32-4)15-33-22-8-6-7-19(13-22)24(25,26)27/h6-10,12-13,16-17H,5,11,14-15H2,1-4H3. The van der Waals surface area contributed by atoms with E-state index < -0.39 is 11.7 Å². The molecule has 1 unspecified atom stereocenters. The zero-order chi connectivity index (χ0) is 24.0. The number of nitrogens with zero attached hydrogens (tertiary/aromatic N) is 4. The van der Waals surface area contributed by atoms with Crippen LogP contribution in [0.4, 0.5) is 24.5 Å². The highest BCUT2D eigenvalue weighted by molar-refractivity contribution is 5.90. The van der Waals surface area contributed by atoms with Gasteiger partial charge in [-0.25, -0.2) is 4.99 Å². The molecule has 0 amide bonds. The van der Waals surface area contributed by atoms with Crippen LogP contribution in [0.2, 0.25) is 0 Å².